The number of nitrogens with one attached hydrogen (secondary N) is 2. The number of aryl methyl sites for hydroxylation is 1. The van der Waals surface area contributed by atoms with E-state index >= 15 is 0 Å². The van der Waals surface area contributed by atoms with Gasteiger partial charge in [0.2, 0.25) is 5.95 Å². The maximum Gasteiger partial charge on any atom is 0.222 e. The van der Waals surface area contributed by atoms with E-state index in [0.29, 0.717) is 5.95 Å². The zero-order chi connectivity index (χ0) is 10.2. The van der Waals surface area contributed by atoms with Gasteiger partial charge in [0.05, 0.1) is 0 Å². The lowest BCUT2D eigenvalue weighted by Crippen LogP contribution is -2.17. The van der Waals surface area contributed by atoms with Crippen molar-refractivity contribution in [2.45, 2.75) is 20.3 Å². The highest BCUT2D eigenvalue weighted by atomic mass is 15.1. The highest BCUT2D eigenvalue weighted by Gasteiger charge is 1.93. The van der Waals surface area contributed by atoms with Crippen LogP contribution in [-0.4, -0.2) is 29.6 Å². The molecule has 0 saturated heterocycles. The van der Waals surface area contributed by atoms with Crippen molar-refractivity contribution in [3.8, 4) is 0 Å². The van der Waals surface area contributed by atoms with Gasteiger partial charge >= 0.3 is 0 Å². The van der Waals surface area contributed by atoms with Crippen LogP contribution in [0.3, 0.4) is 0 Å². The molecule has 0 atom stereocenters. The van der Waals surface area contributed by atoms with E-state index in [4.69, 9.17) is 0 Å². The number of aromatic nitrogens is 2. The molecule has 0 fully saturated rings. The van der Waals surface area contributed by atoms with Gasteiger partial charge in [0.1, 0.15) is 0 Å². The van der Waals surface area contributed by atoms with Crippen molar-refractivity contribution in [1.82, 2.24) is 15.3 Å². The molecule has 1 rings (SSSR count). The van der Waals surface area contributed by atoms with Gasteiger partial charge in [0.15, 0.2) is 0 Å². The molecule has 78 valence electrons. The summed E-state index contributed by atoms with van der Waals surface area (Å²) >= 11 is 0. The third kappa shape index (κ3) is 4.18. The van der Waals surface area contributed by atoms with E-state index in [1.807, 2.05) is 19.3 Å². The second-order valence-electron chi connectivity index (χ2n) is 3.22. The van der Waals surface area contributed by atoms with Gasteiger partial charge in [-0.2, -0.15) is 0 Å². The first-order chi connectivity index (χ1) is 6.83. The molecule has 0 bridgehead atoms. The van der Waals surface area contributed by atoms with Crippen LogP contribution in [0.25, 0.3) is 0 Å². The minimum Gasteiger partial charge on any atom is -0.354 e. The molecule has 1 heterocycles. The van der Waals surface area contributed by atoms with Crippen molar-refractivity contribution < 1.29 is 0 Å². The van der Waals surface area contributed by atoms with Crippen LogP contribution < -0.4 is 10.6 Å². The SMILES string of the molecule is CCNCCCNc1ncc(C)cn1. The zero-order valence-corrected chi connectivity index (χ0v) is 8.88. The molecule has 4 nitrogen and oxygen atoms in total. The summed E-state index contributed by atoms with van der Waals surface area (Å²) in [6.45, 7) is 7.07. The number of hydrogen-bond acceptors (Lipinski definition) is 4. The van der Waals surface area contributed by atoms with Gasteiger partial charge in [-0.05, 0) is 32.0 Å². The second kappa shape index (κ2) is 6.32. The van der Waals surface area contributed by atoms with Crippen LogP contribution in [0.4, 0.5) is 5.95 Å². The quantitative estimate of drug-likeness (QED) is 0.668. The molecule has 1 aromatic heterocycles. The Morgan fingerprint density at radius 3 is 2.57 bits per heavy atom. The highest BCUT2D eigenvalue weighted by molar-refractivity contribution is 5.23. The van der Waals surface area contributed by atoms with Crippen molar-refractivity contribution in [1.29, 1.82) is 0 Å². The van der Waals surface area contributed by atoms with Crippen LogP contribution in [0.15, 0.2) is 12.4 Å². The molecule has 0 aliphatic heterocycles. The minimum atomic E-state index is 0.715. The van der Waals surface area contributed by atoms with Crippen LogP contribution in [0.1, 0.15) is 18.9 Å². The van der Waals surface area contributed by atoms with Crippen LogP contribution >= 0.6 is 0 Å². The molecule has 0 aromatic carbocycles. The topological polar surface area (TPSA) is 49.8 Å². The fourth-order valence-electron chi connectivity index (χ4n) is 1.07. The molecule has 2 N–H and O–H groups in total. The Morgan fingerprint density at radius 1 is 1.21 bits per heavy atom. The van der Waals surface area contributed by atoms with E-state index in [1.165, 1.54) is 0 Å². The Morgan fingerprint density at radius 2 is 1.93 bits per heavy atom. The molecule has 0 saturated carbocycles. The van der Waals surface area contributed by atoms with E-state index in [1.54, 1.807) is 0 Å². The minimum absolute atomic E-state index is 0.715. The summed E-state index contributed by atoms with van der Waals surface area (Å²) in [5.41, 5.74) is 1.09. The van der Waals surface area contributed by atoms with E-state index < -0.39 is 0 Å². The highest BCUT2D eigenvalue weighted by Crippen LogP contribution is 1.97. The molecular formula is C10H18N4. The summed E-state index contributed by atoms with van der Waals surface area (Å²) in [4.78, 5) is 8.31. The van der Waals surface area contributed by atoms with Crippen molar-refractivity contribution >= 4 is 5.95 Å². The average Bonchev–Trinajstić information content (AvgIpc) is 2.21. The molecule has 0 amide bonds. The fraction of sp³-hybridized carbons (Fsp3) is 0.600. The van der Waals surface area contributed by atoms with Gasteiger partial charge in [-0.25, -0.2) is 9.97 Å². The Balaban J connectivity index is 2.15. The van der Waals surface area contributed by atoms with Gasteiger partial charge in [-0.3, -0.25) is 0 Å². The Kier molecular flexibility index (Phi) is 4.93. The molecule has 4 heteroatoms. The molecule has 0 unspecified atom stereocenters. The summed E-state index contributed by atoms with van der Waals surface area (Å²) in [5, 5.41) is 6.43. The second-order valence-corrected chi connectivity index (χ2v) is 3.22. The summed E-state index contributed by atoms with van der Waals surface area (Å²) in [6.07, 6.45) is 4.73. The van der Waals surface area contributed by atoms with Gasteiger partial charge < -0.3 is 10.6 Å². The number of rotatable bonds is 6. The number of anilines is 1. The summed E-state index contributed by atoms with van der Waals surface area (Å²) in [6, 6.07) is 0. The number of nitrogens with zero attached hydrogens (tertiary/aromatic N) is 2. The van der Waals surface area contributed by atoms with Gasteiger partial charge in [0.25, 0.3) is 0 Å². The summed E-state index contributed by atoms with van der Waals surface area (Å²) < 4.78 is 0. The van der Waals surface area contributed by atoms with E-state index in [2.05, 4.69) is 27.5 Å². The van der Waals surface area contributed by atoms with Crippen molar-refractivity contribution in [2.24, 2.45) is 0 Å². The maximum atomic E-state index is 4.15. The van der Waals surface area contributed by atoms with Crippen molar-refractivity contribution in [3.63, 3.8) is 0 Å². The predicted molar refractivity (Wildman–Crippen MR) is 58.4 cm³/mol. The summed E-state index contributed by atoms with van der Waals surface area (Å²) in [7, 11) is 0. The maximum absolute atomic E-state index is 4.15. The van der Waals surface area contributed by atoms with E-state index in [-0.39, 0.29) is 0 Å². The predicted octanol–water partition coefficient (Wildman–Crippen LogP) is 1.20. The van der Waals surface area contributed by atoms with Gasteiger partial charge in [-0.15, -0.1) is 0 Å². The molecule has 14 heavy (non-hydrogen) atoms. The molecular weight excluding hydrogens is 176 g/mol. The average molecular weight is 194 g/mol. The Bertz CT molecular complexity index is 245. The normalized spacial score (nSPS) is 10.1. The first kappa shape index (κ1) is 10.9. The standard InChI is InChI=1S/C10H18N4/c1-3-11-5-4-6-12-10-13-7-9(2)8-14-10/h7-8,11H,3-6H2,1-2H3,(H,12,13,14). The van der Waals surface area contributed by atoms with Crippen LogP contribution in [-0.2, 0) is 0 Å². The van der Waals surface area contributed by atoms with Crippen LogP contribution in [0.2, 0.25) is 0 Å². The van der Waals surface area contributed by atoms with Crippen LogP contribution in [0, 0.1) is 6.92 Å². The molecule has 1 aromatic rings. The molecule has 0 radical (unpaired) electrons. The van der Waals surface area contributed by atoms with Gasteiger partial charge in [0, 0.05) is 18.9 Å². The largest absolute Gasteiger partial charge is 0.354 e. The van der Waals surface area contributed by atoms with E-state index in [9.17, 15) is 0 Å². The lowest BCUT2D eigenvalue weighted by atomic mass is 10.4. The first-order valence-corrected chi connectivity index (χ1v) is 5.06. The fourth-order valence-corrected chi connectivity index (χ4v) is 1.07. The Hall–Kier alpha value is -1.16. The number of hydrogen-bond donors (Lipinski definition) is 2. The third-order valence-corrected chi connectivity index (χ3v) is 1.84. The van der Waals surface area contributed by atoms with E-state index in [0.717, 1.165) is 31.6 Å². The van der Waals surface area contributed by atoms with Crippen molar-refractivity contribution in [2.75, 3.05) is 25.0 Å². The smallest absolute Gasteiger partial charge is 0.222 e. The third-order valence-electron chi connectivity index (χ3n) is 1.84. The lowest BCUT2D eigenvalue weighted by Gasteiger charge is -2.04. The van der Waals surface area contributed by atoms with Crippen LogP contribution in [0.5, 0.6) is 0 Å². The zero-order valence-electron chi connectivity index (χ0n) is 8.88. The Labute approximate surface area is 85.2 Å². The molecule has 0 spiro atoms. The summed E-state index contributed by atoms with van der Waals surface area (Å²) in [5.74, 6) is 0.715. The monoisotopic (exact) mass is 194 g/mol. The molecule has 0 aliphatic carbocycles. The molecule has 0 aliphatic rings. The van der Waals surface area contributed by atoms with Gasteiger partial charge in [-0.1, -0.05) is 6.92 Å². The lowest BCUT2D eigenvalue weighted by molar-refractivity contribution is 0.687. The van der Waals surface area contributed by atoms with Crippen molar-refractivity contribution in [3.05, 3.63) is 18.0 Å². The first-order valence-electron chi connectivity index (χ1n) is 5.06.